The van der Waals surface area contributed by atoms with Crippen LogP contribution in [-0.4, -0.2) is 17.9 Å². The Hall–Kier alpha value is -1.12. The fraction of sp³-hybridized carbons (Fsp3) is 0.875. The molecule has 35 heavy (non-hydrogen) atoms. The molecule has 4 aliphatic rings. The maximum atomic E-state index is 14.2. The van der Waals surface area contributed by atoms with E-state index in [1.165, 1.54) is 50.2 Å². The van der Waals surface area contributed by atoms with Gasteiger partial charge in [0.25, 0.3) is 0 Å². The quantitative estimate of drug-likeness (QED) is 0.356. The summed E-state index contributed by atoms with van der Waals surface area (Å²) < 4.78 is 5.82. The highest BCUT2D eigenvalue weighted by Crippen LogP contribution is 2.71. The van der Waals surface area contributed by atoms with Gasteiger partial charge in [-0.25, -0.2) is 0 Å². The average molecular weight is 485 g/mol. The Morgan fingerprint density at radius 1 is 1.00 bits per heavy atom. The third kappa shape index (κ3) is 4.06. The monoisotopic (exact) mass is 484 g/mol. The van der Waals surface area contributed by atoms with Crippen LogP contribution < -0.4 is 0 Å². The number of allylic oxidation sites excluding steroid dienone is 2. The lowest BCUT2D eigenvalue weighted by Gasteiger charge is -2.61. The molecule has 3 heteroatoms. The molecule has 0 aromatic carbocycles. The van der Waals surface area contributed by atoms with E-state index in [9.17, 15) is 9.59 Å². The van der Waals surface area contributed by atoms with Gasteiger partial charge in [-0.2, -0.15) is 0 Å². The van der Waals surface area contributed by atoms with Gasteiger partial charge in [-0.1, -0.05) is 80.2 Å². The second-order valence-corrected chi connectivity index (χ2v) is 14.6. The molecule has 0 aliphatic heterocycles. The molecule has 4 rings (SSSR count). The van der Waals surface area contributed by atoms with Gasteiger partial charge in [-0.05, 0) is 78.4 Å². The highest BCUT2D eigenvalue weighted by atomic mass is 16.5. The molecule has 0 amide bonds. The number of Topliss-reactive ketones (excluding diaryl/α,β-unsaturated/α-hetero) is 1. The third-order valence-corrected chi connectivity index (χ3v) is 11.9. The summed E-state index contributed by atoms with van der Waals surface area (Å²) in [5.74, 6) is 2.72. The Balaban J connectivity index is 1.67. The molecule has 0 aromatic heterocycles. The molecular weight excluding hydrogens is 432 g/mol. The SMILES string of the molecule is CC(=O)OC1CCC2(C)C3=C(CCC2C1(C)C)C1(C)CCC(C(C)CCCC(C)C)C1(C)CC3=O. The summed E-state index contributed by atoms with van der Waals surface area (Å²) in [7, 11) is 0. The van der Waals surface area contributed by atoms with E-state index < -0.39 is 0 Å². The molecule has 2 saturated carbocycles. The van der Waals surface area contributed by atoms with Crippen molar-refractivity contribution in [2.45, 2.75) is 133 Å². The van der Waals surface area contributed by atoms with E-state index in [1.807, 2.05) is 0 Å². The largest absolute Gasteiger partial charge is 0.462 e. The second-order valence-electron chi connectivity index (χ2n) is 14.6. The maximum Gasteiger partial charge on any atom is 0.302 e. The lowest BCUT2D eigenvalue weighted by atomic mass is 9.43. The highest BCUT2D eigenvalue weighted by Gasteiger charge is 2.65. The minimum Gasteiger partial charge on any atom is -0.462 e. The second kappa shape index (κ2) is 9.02. The number of hydrogen-bond acceptors (Lipinski definition) is 3. The fourth-order valence-corrected chi connectivity index (χ4v) is 9.88. The molecule has 0 heterocycles. The molecule has 4 aliphatic carbocycles. The Morgan fingerprint density at radius 2 is 1.69 bits per heavy atom. The van der Waals surface area contributed by atoms with Crippen molar-refractivity contribution in [3.63, 3.8) is 0 Å². The van der Waals surface area contributed by atoms with Crippen molar-refractivity contribution >= 4 is 11.8 Å². The molecule has 0 aromatic rings. The predicted molar refractivity (Wildman–Crippen MR) is 143 cm³/mol. The highest BCUT2D eigenvalue weighted by molar-refractivity contribution is 6.00. The number of carbonyl (C=O) groups is 2. The number of hydrogen-bond donors (Lipinski definition) is 0. The van der Waals surface area contributed by atoms with Crippen molar-refractivity contribution in [2.24, 2.45) is 45.3 Å². The van der Waals surface area contributed by atoms with Gasteiger partial charge < -0.3 is 4.74 Å². The molecule has 0 bridgehead atoms. The summed E-state index contributed by atoms with van der Waals surface area (Å²) in [5, 5.41) is 0. The van der Waals surface area contributed by atoms with Gasteiger partial charge in [0.15, 0.2) is 5.78 Å². The first kappa shape index (κ1) is 26.9. The van der Waals surface area contributed by atoms with E-state index >= 15 is 0 Å². The zero-order valence-electron chi connectivity index (χ0n) is 24.2. The van der Waals surface area contributed by atoms with Gasteiger partial charge in [0, 0.05) is 24.3 Å². The minimum absolute atomic E-state index is 0.0534. The summed E-state index contributed by atoms with van der Waals surface area (Å²) in [4.78, 5) is 26.0. The van der Waals surface area contributed by atoms with Crippen molar-refractivity contribution in [3.05, 3.63) is 11.1 Å². The molecule has 0 radical (unpaired) electrons. The van der Waals surface area contributed by atoms with E-state index in [2.05, 4.69) is 55.4 Å². The first-order chi connectivity index (χ1) is 16.2. The summed E-state index contributed by atoms with van der Waals surface area (Å²) in [6, 6.07) is 0. The van der Waals surface area contributed by atoms with E-state index in [0.717, 1.165) is 38.0 Å². The zero-order chi connectivity index (χ0) is 26.0. The van der Waals surface area contributed by atoms with Crippen LogP contribution >= 0.6 is 0 Å². The molecule has 3 nitrogen and oxygen atoms in total. The molecular formula is C32H52O3. The summed E-state index contributed by atoms with van der Waals surface area (Å²) >= 11 is 0. The van der Waals surface area contributed by atoms with Crippen LogP contribution in [0.3, 0.4) is 0 Å². The third-order valence-electron chi connectivity index (χ3n) is 11.9. The van der Waals surface area contributed by atoms with E-state index in [4.69, 9.17) is 4.74 Å². The molecule has 2 fully saturated rings. The fourth-order valence-electron chi connectivity index (χ4n) is 9.88. The van der Waals surface area contributed by atoms with Gasteiger partial charge in [0.05, 0.1) is 0 Å². The number of fused-ring (bicyclic) bond motifs is 4. The van der Waals surface area contributed by atoms with Crippen LogP contribution in [0.5, 0.6) is 0 Å². The van der Waals surface area contributed by atoms with E-state index in [-0.39, 0.29) is 33.7 Å². The number of ether oxygens (including phenoxy) is 1. The van der Waals surface area contributed by atoms with Crippen LogP contribution in [0.4, 0.5) is 0 Å². The van der Waals surface area contributed by atoms with Crippen molar-refractivity contribution < 1.29 is 14.3 Å². The number of carbonyl (C=O) groups excluding carboxylic acids is 2. The van der Waals surface area contributed by atoms with Crippen molar-refractivity contribution in [2.75, 3.05) is 0 Å². The minimum atomic E-state index is -0.182. The topological polar surface area (TPSA) is 43.4 Å². The van der Waals surface area contributed by atoms with Gasteiger partial charge in [0.2, 0.25) is 0 Å². The molecule has 7 atom stereocenters. The van der Waals surface area contributed by atoms with Crippen LogP contribution in [0.2, 0.25) is 0 Å². The maximum absolute atomic E-state index is 14.2. The Morgan fingerprint density at radius 3 is 2.31 bits per heavy atom. The lowest BCUT2D eigenvalue weighted by Crippen LogP contribution is -2.57. The molecule has 0 spiro atoms. The van der Waals surface area contributed by atoms with Crippen molar-refractivity contribution in [1.82, 2.24) is 0 Å². The number of ketones is 1. The molecule has 0 N–H and O–H groups in total. The molecule has 198 valence electrons. The standard InChI is InChI=1S/C32H52O3/c1-20(2)11-10-12-21(3)23-15-18-31(8)24-13-14-26-29(5,6)27(35-22(4)33)16-17-30(26,7)28(24)25(34)19-32(23,31)9/h20-21,23,26-27H,10-19H2,1-9H3. The van der Waals surface area contributed by atoms with Gasteiger partial charge >= 0.3 is 5.97 Å². The summed E-state index contributed by atoms with van der Waals surface area (Å²) in [5.41, 5.74) is 2.72. The average Bonchev–Trinajstić information content (AvgIpc) is 3.00. The lowest BCUT2D eigenvalue weighted by molar-refractivity contribution is -0.168. The summed E-state index contributed by atoms with van der Waals surface area (Å²) in [6.07, 6.45) is 11.0. The molecule has 0 saturated heterocycles. The Kier molecular flexibility index (Phi) is 6.94. The van der Waals surface area contributed by atoms with Crippen LogP contribution in [0, 0.1) is 45.3 Å². The normalized spacial score (nSPS) is 41.3. The van der Waals surface area contributed by atoms with Gasteiger partial charge in [-0.15, -0.1) is 0 Å². The zero-order valence-corrected chi connectivity index (χ0v) is 24.2. The van der Waals surface area contributed by atoms with Crippen LogP contribution in [0.25, 0.3) is 0 Å². The van der Waals surface area contributed by atoms with Crippen molar-refractivity contribution in [1.29, 1.82) is 0 Å². The molecule has 7 unspecified atom stereocenters. The van der Waals surface area contributed by atoms with Gasteiger partial charge in [-0.3, -0.25) is 9.59 Å². The van der Waals surface area contributed by atoms with Crippen LogP contribution in [-0.2, 0) is 14.3 Å². The Labute approximate surface area is 215 Å². The first-order valence-electron chi connectivity index (χ1n) is 14.6. The predicted octanol–water partition coefficient (Wildman–Crippen LogP) is 8.31. The first-order valence-corrected chi connectivity index (χ1v) is 14.6. The van der Waals surface area contributed by atoms with E-state index in [0.29, 0.717) is 23.5 Å². The number of esters is 1. The summed E-state index contributed by atoms with van der Waals surface area (Å²) in [6.45, 7) is 20.6. The van der Waals surface area contributed by atoms with Crippen LogP contribution in [0.1, 0.15) is 127 Å². The van der Waals surface area contributed by atoms with Gasteiger partial charge in [0.1, 0.15) is 6.10 Å². The Bertz CT molecular complexity index is 896. The smallest absolute Gasteiger partial charge is 0.302 e. The van der Waals surface area contributed by atoms with E-state index in [1.54, 1.807) is 0 Å². The van der Waals surface area contributed by atoms with Crippen LogP contribution in [0.15, 0.2) is 11.1 Å². The number of rotatable bonds is 6. The van der Waals surface area contributed by atoms with Crippen molar-refractivity contribution in [3.8, 4) is 0 Å².